The van der Waals surface area contributed by atoms with Crippen molar-refractivity contribution >= 4 is 44.5 Å². The van der Waals surface area contributed by atoms with E-state index in [0.29, 0.717) is 24.3 Å². The summed E-state index contributed by atoms with van der Waals surface area (Å²) in [5.41, 5.74) is 5.73. The first-order chi connectivity index (χ1) is 17.9. The number of H-pyrrole nitrogens is 1. The van der Waals surface area contributed by atoms with Crippen molar-refractivity contribution in [2.24, 2.45) is 0 Å². The maximum absolute atomic E-state index is 13.0. The van der Waals surface area contributed by atoms with Crippen molar-refractivity contribution in [3.05, 3.63) is 83.3 Å². The number of anilines is 2. The molecule has 0 spiro atoms. The van der Waals surface area contributed by atoms with Crippen molar-refractivity contribution < 1.29 is 8.42 Å². The minimum Gasteiger partial charge on any atom is -0.361 e. The fraction of sp³-hybridized carbons (Fsp3) is 0.241. The maximum Gasteiger partial charge on any atom is 0.243 e. The molecule has 2 heterocycles. The number of aryl methyl sites for hydroxylation is 1. The third-order valence-electron chi connectivity index (χ3n) is 6.28. The van der Waals surface area contributed by atoms with E-state index in [1.54, 1.807) is 41.0 Å². The lowest BCUT2D eigenvalue weighted by molar-refractivity contribution is 0.410. The first kappa shape index (κ1) is 26.1. The fourth-order valence-corrected chi connectivity index (χ4v) is 5.94. The Morgan fingerprint density at radius 1 is 1.03 bits per heavy atom. The van der Waals surface area contributed by atoms with Gasteiger partial charge in [-0.15, -0.1) is 0 Å². The number of nitrogens with zero attached hydrogens (tertiary/aromatic N) is 3. The second-order valence-corrected chi connectivity index (χ2v) is 10.8. The molecule has 0 bridgehead atoms. The SMILES string of the molecule is CCCN(CCC)S(=O)(=O)c1ccc(/C=C/c2cncc(C#N)c2Nc2ccc3[nH]ccc3c2C)cc1. The highest BCUT2D eigenvalue weighted by Gasteiger charge is 2.22. The summed E-state index contributed by atoms with van der Waals surface area (Å²) in [5, 5.41) is 14.3. The van der Waals surface area contributed by atoms with Crippen LogP contribution in [0.3, 0.4) is 0 Å². The van der Waals surface area contributed by atoms with Gasteiger partial charge < -0.3 is 10.3 Å². The number of rotatable bonds is 10. The van der Waals surface area contributed by atoms with E-state index in [-0.39, 0.29) is 4.90 Å². The van der Waals surface area contributed by atoms with Crippen LogP contribution in [0.25, 0.3) is 23.1 Å². The first-order valence-electron chi connectivity index (χ1n) is 12.4. The molecule has 2 N–H and O–H groups in total. The molecule has 8 heteroatoms. The van der Waals surface area contributed by atoms with Crippen molar-refractivity contribution in [2.75, 3.05) is 18.4 Å². The highest BCUT2D eigenvalue weighted by atomic mass is 32.2. The lowest BCUT2D eigenvalue weighted by atomic mass is 10.1. The Morgan fingerprint density at radius 3 is 2.43 bits per heavy atom. The van der Waals surface area contributed by atoms with Crippen molar-refractivity contribution in [2.45, 2.75) is 38.5 Å². The van der Waals surface area contributed by atoms with Crippen LogP contribution in [0.1, 0.15) is 48.9 Å². The molecule has 0 aliphatic carbocycles. The van der Waals surface area contributed by atoms with Gasteiger partial charge in [-0.05, 0) is 61.2 Å². The molecule has 4 aromatic rings. The second kappa shape index (κ2) is 11.4. The smallest absolute Gasteiger partial charge is 0.243 e. The average molecular weight is 514 g/mol. The topological polar surface area (TPSA) is 102 Å². The highest BCUT2D eigenvalue weighted by Crippen LogP contribution is 2.31. The molecule has 7 nitrogen and oxygen atoms in total. The third kappa shape index (κ3) is 5.58. The van der Waals surface area contributed by atoms with Gasteiger partial charge in [-0.3, -0.25) is 4.98 Å². The molecule has 37 heavy (non-hydrogen) atoms. The van der Waals surface area contributed by atoms with Crippen molar-refractivity contribution in [1.82, 2.24) is 14.3 Å². The summed E-state index contributed by atoms with van der Waals surface area (Å²) < 4.78 is 27.6. The second-order valence-electron chi connectivity index (χ2n) is 8.87. The quantitative estimate of drug-likeness (QED) is 0.253. The summed E-state index contributed by atoms with van der Waals surface area (Å²) in [6, 6.07) is 15.1. The normalized spacial score (nSPS) is 11.9. The molecule has 0 radical (unpaired) electrons. The van der Waals surface area contributed by atoms with Gasteiger partial charge in [0.05, 0.1) is 16.1 Å². The molecule has 2 aromatic carbocycles. The number of hydrogen-bond acceptors (Lipinski definition) is 5. The summed E-state index contributed by atoms with van der Waals surface area (Å²) in [7, 11) is -3.52. The van der Waals surface area contributed by atoms with Gasteiger partial charge in [-0.25, -0.2) is 8.42 Å². The predicted molar refractivity (Wildman–Crippen MR) is 150 cm³/mol. The predicted octanol–water partition coefficient (Wildman–Crippen LogP) is 6.47. The number of aromatic nitrogens is 2. The number of nitriles is 1. The van der Waals surface area contributed by atoms with Crippen LogP contribution in [0.5, 0.6) is 0 Å². The maximum atomic E-state index is 13.0. The summed E-state index contributed by atoms with van der Waals surface area (Å²) in [5.74, 6) is 0. The molecule has 2 aromatic heterocycles. The van der Waals surface area contributed by atoms with Gasteiger partial charge in [0, 0.05) is 53.8 Å². The molecule has 0 saturated carbocycles. The summed E-state index contributed by atoms with van der Waals surface area (Å²) >= 11 is 0. The van der Waals surface area contributed by atoms with E-state index in [4.69, 9.17) is 0 Å². The molecule has 0 saturated heterocycles. The molecule has 0 fully saturated rings. The van der Waals surface area contributed by atoms with E-state index in [1.807, 2.05) is 57.3 Å². The van der Waals surface area contributed by atoms with Gasteiger partial charge in [-0.1, -0.05) is 38.1 Å². The number of pyridine rings is 1. The van der Waals surface area contributed by atoms with Crippen LogP contribution in [0.2, 0.25) is 0 Å². The minimum atomic E-state index is -3.52. The molecule has 0 unspecified atom stereocenters. The van der Waals surface area contributed by atoms with Crippen molar-refractivity contribution in [1.29, 1.82) is 5.26 Å². The Labute approximate surface area is 218 Å². The number of benzene rings is 2. The largest absolute Gasteiger partial charge is 0.361 e. The van der Waals surface area contributed by atoms with Gasteiger partial charge >= 0.3 is 0 Å². The van der Waals surface area contributed by atoms with Crippen LogP contribution in [0.15, 0.2) is 66.0 Å². The van der Waals surface area contributed by atoms with E-state index in [9.17, 15) is 13.7 Å². The van der Waals surface area contributed by atoms with Gasteiger partial charge in [0.2, 0.25) is 10.0 Å². The summed E-state index contributed by atoms with van der Waals surface area (Å²) in [4.78, 5) is 7.73. The van der Waals surface area contributed by atoms with Gasteiger partial charge in [-0.2, -0.15) is 9.57 Å². The molecular weight excluding hydrogens is 482 g/mol. The van der Waals surface area contributed by atoms with Crippen molar-refractivity contribution in [3.63, 3.8) is 0 Å². The number of aromatic amines is 1. The van der Waals surface area contributed by atoms with Crippen LogP contribution >= 0.6 is 0 Å². The van der Waals surface area contributed by atoms with Crippen LogP contribution in [0.4, 0.5) is 11.4 Å². The lowest BCUT2D eigenvalue weighted by Crippen LogP contribution is -2.32. The zero-order valence-corrected chi connectivity index (χ0v) is 22.1. The summed E-state index contributed by atoms with van der Waals surface area (Å²) in [6.45, 7) is 7.01. The molecule has 0 atom stereocenters. The van der Waals surface area contributed by atoms with E-state index < -0.39 is 10.0 Å². The number of nitrogens with one attached hydrogen (secondary N) is 2. The van der Waals surface area contributed by atoms with Crippen LogP contribution in [-0.4, -0.2) is 35.8 Å². The average Bonchev–Trinajstić information content (AvgIpc) is 3.39. The van der Waals surface area contributed by atoms with Crippen LogP contribution in [0, 0.1) is 18.3 Å². The molecule has 0 aliphatic rings. The van der Waals surface area contributed by atoms with E-state index in [2.05, 4.69) is 21.4 Å². The van der Waals surface area contributed by atoms with Gasteiger partial charge in [0.15, 0.2) is 0 Å². The Kier molecular flexibility index (Phi) is 8.07. The molecule has 4 rings (SSSR count). The van der Waals surface area contributed by atoms with Gasteiger partial charge in [0.1, 0.15) is 6.07 Å². The number of hydrogen-bond donors (Lipinski definition) is 2. The molecule has 190 valence electrons. The van der Waals surface area contributed by atoms with Crippen LogP contribution < -0.4 is 5.32 Å². The van der Waals surface area contributed by atoms with Gasteiger partial charge in [0.25, 0.3) is 0 Å². The Hall–Kier alpha value is -3.93. The highest BCUT2D eigenvalue weighted by molar-refractivity contribution is 7.89. The minimum absolute atomic E-state index is 0.290. The van der Waals surface area contributed by atoms with Crippen molar-refractivity contribution in [3.8, 4) is 6.07 Å². The lowest BCUT2D eigenvalue weighted by Gasteiger charge is -2.21. The number of fused-ring (bicyclic) bond motifs is 1. The Balaban J connectivity index is 1.61. The van der Waals surface area contributed by atoms with E-state index >= 15 is 0 Å². The molecule has 0 aliphatic heterocycles. The zero-order chi connectivity index (χ0) is 26.4. The number of sulfonamides is 1. The molecule has 0 amide bonds. The first-order valence-corrected chi connectivity index (χ1v) is 13.8. The Bertz CT molecular complexity index is 1560. The van der Waals surface area contributed by atoms with E-state index in [1.165, 1.54) is 0 Å². The Morgan fingerprint density at radius 2 is 1.76 bits per heavy atom. The fourth-order valence-electron chi connectivity index (χ4n) is 4.32. The van der Waals surface area contributed by atoms with E-state index in [0.717, 1.165) is 46.1 Å². The zero-order valence-electron chi connectivity index (χ0n) is 21.3. The third-order valence-corrected chi connectivity index (χ3v) is 8.19. The standard InChI is InChI=1S/C29H31N5O2S/c1-4-16-34(17-5-2)37(35,36)25-10-7-22(8-11-25)6-9-23-19-31-20-24(18-30)29(23)33-27-12-13-28-26(21(27)3)14-15-32-28/h6-15,19-20,32H,4-5,16-17H2,1-3H3,(H,31,33)/b9-6+. The van der Waals surface area contributed by atoms with Crippen LogP contribution in [-0.2, 0) is 10.0 Å². The monoisotopic (exact) mass is 513 g/mol. The molecular formula is C29H31N5O2S. The summed E-state index contributed by atoms with van der Waals surface area (Å²) in [6.07, 6.45) is 10.5.